The van der Waals surface area contributed by atoms with Crippen molar-refractivity contribution in [2.75, 3.05) is 5.32 Å². The van der Waals surface area contributed by atoms with E-state index >= 15 is 0 Å². The first kappa shape index (κ1) is 17.7. The van der Waals surface area contributed by atoms with Crippen molar-refractivity contribution >= 4 is 22.5 Å². The molecule has 144 valence electrons. The molecule has 0 saturated carbocycles. The maximum absolute atomic E-state index is 13.1. The van der Waals surface area contributed by atoms with Gasteiger partial charge in [0, 0.05) is 35.7 Å². The molecule has 0 bridgehead atoms. The fraction of sp³-hybridized carbons (Fsp3) is 0. The molecule has 0 atom stereocenters. The number of amides is 1. The van der Waals surface area contributed by atoms with Crippen molar-refractivity contribution < 1.29 is 4.79 Å². The van der Waals surface area contributed by atoms with Crippen LogP contribution in [-0.4, -0.2) is 30.6 Å². The van der Waals surface area contributed by atoms with Crippen LogP contribution in [0.4, 0.5) is 5.69 Å². The second kappa shape index (κ2) is 7.56. The Balaban J connectivity index is 1.49. The predicted octanol–water partition coefficient (Wildman–Crippen LogP) is 4.13. The summed E-state index contributed by atoms with van der Waals surface area (Å²) in [4.78, 5) is 26.3. The van der Waals surface area contributed by atoms with Gasteiger partial charge in [-0.2, -0.15) is 5.10 Å². The molecule has 0 unspecified atom stereocenters. The molecule has 0 saturated heterocycles. The Hall–Kier alpha value is -4.39. The van der Waals surface area contributed by atoms with Crippen molar-refractivity contribution in [1.82, 2.24) is 24.7 Å². The minimum Gasteiger partial charge on any atom is -0.321 e. The summed E-state index contributed by atoms with van der Waals surface area (Å²) in [5.74, 6) is 0.443. The molecule has 0 aliphatic rings. The summed E-state index contributed by atoms with van der Waals surface area (Å²) in [6, 6.07) is 18.6. The molecule has 0 aliphatic heterocycles. The Bertz CT molecular complexity index is 1320. The monoisotopic (exact) mass is 392 g/mol. The number of anilines is 1. The Kier molecular flexibility index (Phi) is 4.46. The van der Waals surface area contributed by atoms with Gasteiger partial charge in [-0.15, -0.1) is 0 Å². The number of hydrogen-bond donors (Lipinski definition) is 1. The first-order valence-electron chi connectivity index (χ1n) is 9.35. The molecule has 0 spiro atoms. The quantitative estimate of drug-likeness (QED) is 0.497. The molecule has 1 amide bonds. The predicted molar refractivity (Wildman–Crippen MR) is 114 cm³/mol. The van der Waals surface area contributed by atoms with Crippen LogP contribution in [0.5, 0.6) is 0 Å². The van der Waals surface area contributed by atoms with Gasteiger partial charge >= 0.3 is 0 Å². The van der Waals surface area contributed by atoms with Crippen molar-refractivity contribution in [3.63, 3.8) is 0 Å². The normalized spacial score (nSPS) is 10.8. The van der Waals surface area contributed by atoms with E-state index in [0.717, 1.165) is 16.5 Å². The van der Waals surface area contributed by atoms with Crippen LogP contribution in [0, 0.1) is 0 Å². The van der Waals surface area contributed by atoms with E-state index in [1.54, 1.807) is 47.7 Å². The largest absolute Gasteiger partial charge is 0.321 e. The highest BCUT2D eigenvalue weighted by Crippen LogP contribution is 2.25. The van der Waals surface area contributed by atoms with Gasteiger partial charge in [-0.25, -0.2) is 14.6 Å². The zero-order valence-electron chi connectivity index (χ0n) is 15.8. The second-order valence-corrected chi connectivity index (χ2v) is 6.62. The molecule has 0 fully saturated rings. The van der Waals surface area contributed by atoms with Crippen LogP contribution in [-0.2, 0) is 0 Å². The number of aromatic nitrogens is 5. The number of carbonyl (C=O) groups is 1. The summed E-state index contributed by atoms with van der Waals surface area (Å²) >= 11 is 0. The molecular formula is C23H16N6O. The van der Waals surface area contributed by atoms with E-state index in [2.05, 4.69) is 20.4 Å². The summed E-state index contributed by atoms with van der Waals surface area (Å²) in [5.41, 5.74) is 3.42. The number of pyridine rings is 3. The number of carbonyl (C=O) groups excluding carboxylic acids is 1. The van der Waals surface area contributed by atoms with E-state index in [-0.39, 0.29) is 5.91 Å². The van der Waals surface area contributed by atoms with E-state index in [1.807, 2.05) is 48.7 Å². The number of hydrogen-bond acceptors (Lipinski definition) is 5. The molecule has 5 rings (SSSR count). The molecule has 1 aromatic carbocycles. The van der Waals surface area contributed by atoms with E-state index in [4.69, 9.17) is 4.98 Å². The molecule has 5 aromatic rings. The number of fused-ring (bicyclic) bond motifs is 1. The molecule has 4 aromatic heterocycles. The Morgan fingerprint density at radius 1 is 0.933 bits per heavy atom. The number of benzene rings is 1. The zero-order valence-corrected chi connectivity index (χ0v) is 15.8. The number of para-hydroxylation sites is 1. The van der Waals surface area contributed by atoms with E-state index < -0.39 is 0 Å². The van der Waals surface area contributed by atoms with Gasteiger partial charge < -0.3 is 5.32 Å². The van der Waals surface area contributed by atoms with Crippen LogP contribution in [0.2, 0.25) is 0 Å². The van der Waals surface area contributed by atoms with Gasteiger partial charge in [-0.05, 0) is 42.5 Å². The summed E-state index contributed by atoms with van der Waals surface area (Å²) in [6.45, 7) is 0. The average Bonchev–Trinajstić information content (AvgIpc) is 3.34. The first-order chi connectivity index (χ1) is 14.8. The summed E-state index contributed by atoms with van der Waals surface area (Å²) in [7, 11) is 0. The van der Waals surface area contributed by atoms with Gasteiger partial charge in [0.2, 0.25) is 0 Å². The smallest absolute Gasteiger partial charge is 0.256 e. The summed E-state index contributed by atoms with van der Waals surface area (Å²) < 4.78 is 1.65. The third-order valence-electron chi connectivity index (χ3n) is 4.66. The van der Waals surface area contributed by atoms with Gasteiger partial charge in [0.15, 0.2) is 5.82 Å². The molecule has 4 heterocycles. The van der Waals surface area contributed by atoms with Crippen LogP contribution in [0.1, 0.15) is 10.4 Å². The molecule has 7 heteroatoms. The Labute approximate surface area is 172 Å². The second-order valence-electron chi connectivity index (χ2n) is 6.62. The number of nitrogens with one attached hydrogen (secondary N) is 1. The molecule has 1 N–H and O–H groups in total. The van der Waals surface area contributed by atoms with E-state index in [0.29, 0.717) is 22.8 Å². The van der Waals surface area contributed by atoms with Crippen LogP contribution >= 0.6 is 0 Å². The van der Waals surface area contributed by atoms with Gasteiger partial charge in [-0.1, -0.05) is 18.2 Å². The summed E-state index contributed by atoms with van der Waals surface area (Å²) in [5, 5.41) is 7.86. The fourth-order valence-electron chi connectivity index (χ4n) is 3.22. The van der Waals surface area contributed by atoms with E-state index in [9.17, 15) is 4.79 Å². The van der Waals surface area contributed by atoms with Crippen LogP contribution in [0.3, 0.4) is 0 Å². The minimum absolute atomic E-state index is 0.229. The van der Waals surface area contributed by atoms with E-state index in [1.165, 1.54) is 0 Å². The van der Waals surface area contributed by atoms with Crippen molar-refractivity contribution in [3.8, 4) is 17.1 Å². The third-order valence-corrected chi connectivity index (χ3v) is 4.66. The summed E-state index contributed by atoms with van der Waals surface area (Å²) in [6.07, 6.45) is 8.55. The molecule has 0 radical (unpaired) electrons. The lowest BCUT2D eigenvalue weighted by atomic mass is 10.0. The van der Waals surface area contributed by atoms with Gasteiger partial charge in [0.25, 0.3) is 5.91 Å². The fourth-order valence-corrected chi connectivity index (χ4v) is 3.22. The average molecular weight is 392 g/mol. The lowest BCUT2D eigenvalue weighted by molar-refractivity contribution is 0.102. The van der Waals surface area contributed by atoms with Crippen molar-refractivity contribution in [1.29, 1.82) is 0 Å². The minimum atomic E-state index is -0.229. The zero-order chi connectivity index (χ0) is 20.3. The third kappa shape index (κ3) is 3.40. The maximum Gasteiger partial charge on any atom is 0.256 e. The topological polar surface area (TPSA) is 85.6 Å². The van der Waals surface area contributed by atoms with Crippen molar-refractivity contribution in [2.24, 2.45) is 0 Å². The molecule has 30 heavy (non-hydrogen) atoms. The van der Waals surface area contributed by atoms with Gasteiger partial charge in [0.1, 0.15) is 0 Å². The van der Waals surface area contributed by atoms with Crippen molar-refractivity contribution in [2.45, 2.75) is 0 Å². The lowest BCUT2D eigenvalue weighted by Crippen LogP contribution is -2.13. The highest BCUT2D eigenvalue weighted by atomic mass is 16.1. The number of rotatable bonds is 4. The number of nitrogens with zero attached hydrogens (tertiary/aromatic N) is 5. The van der Waals surface area contributed by atoms with Crippen LogP contribution < -0.4 is 5.32 Å². The first-order valence-corrected chi connectivity index (χ1v) is 9.35. The molecule has 0 aliphatic carbocycles. The highest BCUT2D eigenvalue weighted by Gasteiger charge is 2.14. The van der Waals surface area contributed by atoms with Gasteiger partial charge in [-0.3, -0.25) is 9.78 Å². The highest BCUT2D eigenvalue weighted by molar-refractivity contribution is 6.13. The van der Waals surface area contributed by atoms with Crippen LogP contribution in [0.15, 0.2) is 91.6 Å². The SMILES string of the molecule is O=C(Nc1ccc(-n2cccn2)nc1)c1cc(-c2cccnc2)nc2ccccc12. The maximum atomic E-state index is 13.1. The van der Waals surface area contributed by atoms with Crippen LogP contribution in [0.25, 0.3) is 28.0 Å². The Morgan fingerprint density at radius 3 is 2.63 bits per heavy atom. The standard InChI is InChI=1S/C23H16N6O/c30-23(27-17-8-9-22(25-15-17)29-12-4-11-26-29)19-13-21(16-5-3-10-24-14-16)28-20-7-2-1-6-18(19)20/h1-15H,(H,27,30). The van der Waals surface area contributed by atoms with Crippen molar-refractivity contribution in [3.05, 3.63) is 97.2 Å². The molecular weight excluding hydrogens is 376 g/mol. The Morgan fingerprint density at radius 2 is 1.87 bits per heavy atom. The van der Waals surface area contributed by atoms with Gasteiger partial charge in [0.05, 0.1) is 28.7 Å². The lowest BCUT2D eigenvalue weighted by Gasteiger charge is -2.11. The molecule has 7 nitrogen and oxygen atoms in total.